The Morgan fingerprint density at radius 2 is 1.94 bits per heavy atom. The molecular weight excluding hydrogens is 364 g/mol. The molecule has 0 aliphatic rings. The Morgan fingerprint density at radius 1 is 1.11 bits per heavy atom. The van der Waals surface area contributed by atoms with Crippen LogP contribution in [0.15, 0.2) is 54.4 Å². The van der Waals surface area contributed by atoms with E-state index in [0.717, 1.165) is 9.86 Å². The van der Waals surface area contributed by atoms with Gasteiger partial charge in [-0.2, -0.15) is 0 Å². The lowest BCUT2D eigenvalue weighted by atomic mass is 10.2. The first-order valence-electron chi connectivity index (χ1n) is 5.12. The number of ketones is 1. The van der Waals surface area contributed by atoms with Crippen LogP contribution in [-0.2, 0) is 0 Å². The summed E-state index contributed by atoms with van der Waals surface area (Å²) in [6.07, 6.45) is 1.45. The van der Waals surface area contributed by atoms with Crippen LogP contribution < -0.4 is 0 Å². The second-order valence-electron chi connectivity index (χ2n) is 3.70. The molecule has 0 N–H and O–H groups in total. The van der Waals surface area contributed by atoms with E-state index in [1.807, 2.05) is 18.2 Å². The van der Waals surface area contributed by atoms with Crippen molar-refractivity contribution in [3.63, 3.8) is 0 Å². The maximum absolute atomic E-state index is 12.2. The minimum atomic E-state index is -0.282. The third-order valence-corrected chi connectivity index (χ3v) is 3.79. The lowest BCUT2D eigenvalue weighted by Crippen LogP contribution is -1.97. The van der Waals surface area contributed by atoms with Gasteiger partial charge >= 0.3 is 0 Å². The Labute approximate surface area is 119 Å². The van der Waals surface area contributed by atoms with E-state index in [-0.39, 0.29) is 17.3 Å². The molecule has 1 aromatic carbocycles. The van der Waals surface area contributed by atoms with Crippen LogP contribution in [0.3, 0.4) is 0 Å². The van der Waals surface area contributed by atoms with Crippen LogP contribution >= 0.6 is 31.9 Å². The highest BCUT2D eigenvalue weighted by Crippen LogP contribution is 2.29. The zero-order chi connectivity index (χ0) is 12.7. The van der Waals surface area contributed by atoms with E-state index >= 15 is 0 Å². The zero-order valence-corrected chi connectivity index (χ0v) is 12.1. The molecule has 0 unspecified atom stereocenters. The number of benzene rings is 1. The van der Waals surface area contributed by atoms with Gasteiger partial charge in [0, 0.05) is 5.39 Å². The summed E-state index contributed by atoms with van der Waals surface area (Å²) in [5.74, 6) is 0.215. The highest BCUT2D eigenvalue weighted by Gasteiger charge is 2.20. The molecule has 2 heterocycles. The van der Waals surface area contributed by atoms with Crippen molar-refractivity contribution in [3.05, 3.63) is 57.1 Å². The standard InChI is InChI=1S/C13H6Br2O3/c14-8-3-1-2-7-6-10(18-12(7)8)11(16)13-9(15)4-5-17-13/h1-6H. The number of para-hydroxylation sites is 1. The molecule has 3 nitrogen and oxygen atoms in total. The van der Waals surface area contributed by atoms with E-state index in [1.54, 1.807) is 12.1 Å². The van der Waals surface area contributed by atoms with Gasteiger partial charge in [-0.15, -0.1) is 0 Å². The first-order valence-corrected chi connectivity index (χ1v) is 6.71. The number of hydrogen-bond donors (Lipinski definition) is 0. The first kappa shape index (κ1) is 11.7. The van der Waals surface area contributed by atoms with Gasteiger partial charge in [-0.1, -0.05) is 12.1 Å². The number of furan rings is 2. The maximum atomic E-state index is 12.2. The lowest BCUT2D eigenvalue weighted by molar-refractivity contribution is 0.0984. The van der Waals surface area contributed by atoms with Crippen molar-refractivity contribution in [2.24, 2.45) is 0 Å². The number of fused-ring (bicyclic) bond motifs is 1. The molecule has 0 amide bonds. The predicted molar refractivity (Wildman–Crippen MR) is 73.8 cm³/mol. The molecular formula is C13H6Br2O3. The molecule has 0 radical (unpaired) electrons. The Bertz CT molecular complexity index is 740. The number of hydrogen-bond acceptors (Lipinski definition) is 3. The van der Waals surface area contributed by atoms with Gasteiger partial charge in [0.15, 0.2) is 11.5 Å². The maximum Gasteiger partial charge on any atom is 0.264 e. The van der Waals surface area contributed by atoms with Crippen molar-refractivity contribution in [1.82, 2.24) is 0 Å². The first-order chi connectivity index (χ1) is 8.66. The van der Waals surface area contributed by atoms with E-state index in [4.69, 9.17) is 8.83 Å². The monoisotopic (exact) mass is 368 g/mol. The summed E-state index contributed by atoms with van der Waals surface area (Å²) in [5.41, 5.74) is 0.656. The van der Waals surface area contributed by atoms with E-state index in [9.17, 15) is 4.79 Å². The average molecular weight is 370 g/mol. The van der Waals surface area contributed by atoms with Crippen molar-refractivity contribution in [2.45, 2.75) is 0 Å². The minimum absolute atomic E-state index is 0.241. The van der Waals surface area contributed by atoms with Crippen LogP contribution in [0.25, 0.3) is 11.0 Å². The molecule has 3 aromatic rings. The average Bonchev–Trinajstić information content (AvgIpc) is 2.95. The molecule has 0 saturated heterocycles. The largest absolute Gasteiger partial charge is 0.459 e. The van der Waals surface area contributed by atoms with Crippen molar-refractivity contribution in [1.29, 1.82) is 0 Å². The third kappa shape index (κ3) is 1.83. The second kappa shape index (κ2) is 4.40. The summed E-state index contributed by atoms with van der Waals surface area (Å²) in [4.78, 5) is 12.2. The number of carbonyl (C=O) groups excluding carboxylic acids is 1. The van der Waals surface area contributed by atoms with Crippen LogP contribution in [0.4, 0.5) is 0 Å². The molecule has 5 heteroatoms. The molecule has 0 saturated carbocycles. The highest BCUT2D eigenvalue weighted by atomic mass is 79.9. The molecule has 0 atom stereocenters. The molecule has 0 bridgehead atoms. The third-order valence-electron chi connectivity index (χ3n) is 2.54. The van der Waals surface area contributed by atoms with Gasteiger partial charge < -0.3 is 8.83 Å². The van der Waals surface area contributed by atoms with Crippen molar-refractivity contribution < 1.29 is 13.6 Å². The van der Waals surface area contributed by atoms with Gasteiger partial charge in [0.05, 0.1) is 15.2 Å². The van der Waals surface area contributed by atoms with Gasteiger partial charge in [-0.05, 0) is 50.1 Å². The minimum Gasteiger partial charge on any atom is -0.459 e. The Kier molecular flexibility index (Phi) is 2.87. The highest BCUT2D eigenvalue weighted by molar-refractivity contribution is 9.11. The molecule has 90 valence electrons. The quantitative estimate of drug-likeness (QED) is 0.610. The molecule has 0 aliphatic carbocycles. The molecule has 0 fully saturated rings. The van der Waals surface area contributed by atoms with Gasteiger partial charge in [-0.25, -0.2) is 0 Å². The number of carbonyl (C=O) groups is 1. The molecule has 2 aromatic heterocycles. The summed E-state index contributed by atoms with van der Waals surface area (Å²) in [5, 5.41) is 0.871. The Hall–Kier alpha value is -1.33. The Morgan fingerprint density at radius 3 is 2.61 bits per heavy atom. The van der Waals surface area contributed by atoms with E-state index < -0.39 is 0 Å². The number of rotatable bonds is 2. The van der Waals surface area contributed by atoms with Crippen molar-refractivity contribution in [3.8, 4) is 0 Å². The Balaban J connectivity index is 2.13. The molecule has 0 aliphatic heterocycles. The summed E-state index contributed by atoms with van der Waals surface area (Å²) in [6.45, 7) is 0. The molecule has 0 spiro atoms. The van der Waals surface area contributed by atoms with Gasteiger partial charge in [0.2, 0.25) is 0 Å². The summed E-state index contributed by atoms with van der Waals surface area (Å²) < 4.78 is 12.1. The topological polar surface area (TPSA) is 43.4 Å². The lowest BCUT2D eigenvalue weighted by Gasteiger charge is -1.93. The van der Waals surface area contributed by atoms with E-state index in [2.05, 4.69) is 31.9 Å². The van der Waals surface area contributed by atoms with Crippen LogP contribution in [0.1, 0.15) is 16.3 Å². The fraction of sp³-hybridized carbons (Fsp3) is 0. The fourth-order valence-corrected chi connectivity index (χ4v) is 2.55. The second-order valence-corrected chi connectivity index (χ2v) is 5.40. The zero-order valence-electron chi connectivity index (χ0n) is 8.94. The summed E-state index contributed by atoms with van der Waals surface area (Å²) in [7, 11) is 0. The number of halogens is 2. The van der Waals surface area contributed by atoms with Gasteiger partial charge in [0.1, 0.15) is 5.58 Å². The van der Waals surface area contributed by atoms with Crippen molar-refractivity contribution >= 4 is 48.6 Å². The van der Waals surface area contributed by atoms with Crippen LogP contribution in [0.2, 0.25) is 0 Å². The normalized spacial score (nSPS) is 11.0. The van der Waals surface area contributed by atoms with Gasteiger partial charge in [0.25, 0.3) is 5.78 Å². The van der Waals surface area contributed by atoms with Crippen LogP contribution in [0.5, 0.6) is 0 Å². The SMILES string of the molecule is O=C(c1cc2cccc(Br)c2o1)c1occc1Br. The predicted octanol–water partition coefficient (Wildman–Crippen LogP) is 4.78. The molecule has 3 rings (SSSR count). The van der Waals surface area contributed by atoms with E-state index in [0.29, 0.717) is 10.1 Å². The van der Waals surface area contributed by atoms with Crippen LogP contribution in [0, 0.1) is 0 Å². The van der Waals surface area contributed by atoms with Gasteiger partial charge in [-0.3, -0.25) is 4.79 Å². The van der Waals surface area contributed by atoms with Crippen molar-refractivity contribution in [2.75, 3.05) is 0 Å². The summed E-state index contributed by atoms with van der Waals surface area (Å²) in [6, 6.07) is 9.02. The molecule has 18 heavy (non-hydrogen) atoms. The fourth-order valence-electron chi connectivity index (χ4n) is 1.71. The van der Waals surface area contributed by atoms with E-state index in [1.165, 1.54) is 6.26 Å². The summed E-state index contributed by atoms with van der Waals surface area (Å²) >= 11 is 6.64. The smallest absolute Gasteiger partial charge is 0.264 e. The van der Waals surface area contributed by atoms with Crippen LogP contribution in [-0.4, -0.2) is 5.78 Å².